The van der Waals surface area contributed by atoms with Gasteiger partial charge >= 0.3 is 0 Å². The summed E-state index contributed by atoms with van der Waals surface area (Å²) < 4.78 is 16.2. The van der Waals surface area contributed by atoms with Gasteiger partial charge < -0.3 is 19.5 Å². The largest absolute Gasteiger partial charge is 0.497 e. The number of nitrogens with one attached hydrogen (secondary N) is 1. The molecule has 1 aromatic carbocycles. The smallest absolute Gasteiger partial charge is 0.220 e. The molecule has 1 unspecified atom stereocenters. The summed E-state index contributed by atoms with van der Waals surface area (Å²) in [5, 5.41) is 3.08. The third kappa shape index (κ3) is 6.84. The van der Waals surface area contributed by atoms with Crippen molar-refractivity contribution in [3.63, 3.8) is 0 Å². The number of morpholine rings is 1. The molecule has 1 saturated heterocycles. The topological polar surface area (TPSA) is 60.0 Å². The Bertz CT molecular complexity index is 527. The SMILES string of the molecule is COc1ccc(OCCCC(=O)NCC(C(C)C)N2CCOCC2)cc1. The fourth-order valence-corrected chi connectivity index (χ4v) is 3.10. The summed E-state index contributed by atoms with van der Waals surface area (Å²) in [4.78, 5) is 14.5. The first kappa shape index (κ1) is 20.5. The standard InChI is InChI=1S/C20H32N2O4/c1-16(2)19(22-10-13-25-14-11-22)15-21-20(23)5-4-12-26-18-8-6-17(24-3)7-9-18/h6-9,16,19H,4-5,10-15H2,1-3H3,(H,21,23). The first-order valence-corrected chi connectivity index (χ1v) is 9.45. The van der Waals surface area contributed by atoms with Crippen LogP contribution in [0.2, 0.25) is 0 Å². The molecule has 0 aromatic heterocycles. The highest BCUT2D eigenvalue weighted by molar-refractivity contribution is 5.75. The molecule has 1 atom stereocenters. The van der Waals surface area contributed by atoms with E-state index < -0.39 is 0 Å². The van der Waals surface area contributed by atoms with E-state index in [1.807, 2.05) is 24.3 Å². The number of ether oxygens (including phenoxy) is 3. The Labute approximate surface area is 156 Å². The van der Waals surface area contributed by atoms with E-state index in [4.69, 9.17) is 14.2 Å². The van der Waals surface area contributed by atoms with Crippen molar-refractivity contribution in [2.24, 2.45) is 5.92 Å². The van der Waals surface area contributed by atoms with Crippen molar-refractivity contribution in [2.75, 3.05) is 46.6 Å². The number of carbonyl (C=O) groups is 1. The van der Waals surface area contributed by atoms with Gasteiger partial charge in [0, 0.05) is 32.1 Å². The fourth-order valence-electron chi connectivity index (χ4n) is 3.10. The number of methoxy groups -OCH3 is 1. The van der Waals surface area contributed by atoms with Crippen molar-refractivity contribution in [3.8, 4) is 11.5 Å². The quantitative estimate of drug-likeness (QED) is 0.646. The zero-order chi connectivity index (χ0) is 18.8. The van der Waals surface area contributed by atoms with Crippen LogP contribution in [0.3, 0.4) is 0 Å². The Morgan fingerprint density at radius 3 is 2.46 bits per heavy atom. The molecule has 0 saturated carbocycles. The monoisotopic (exact) mass is 364 g/mol. The number of amides is 1. The van der Waals surface area contributed by atoms with E-state index in [0.717, 1.165) is 37.8 Å². The van der Waals surface area contributed by atoms with Crippen LogP contribution in [0.5, 0.6) is 11.5 Å². The molecule has 0 bridgehead atoms. The van der Waals surface area contributed by atoms with E-state index in [1.54, 1.807) is 7.11 Å². The maximum Gasteiger partial charge on any atom is 0.220 e. The van der Waals surface area contributed by atoms with E-state index in [2.05, 4.69) is 24.1 Å². The molecular formula is C20H32N2O4. The highest BCUT2D eigenvalue weighted by Crippen LogP contribution is 2.17. The minimum absolute atomic E-state index is 0.0854. The van der Waals surface area contributed by atoms with Crippen molar-refractivity contribution in [1.29, 1.82) is 0 Å². The van der Waals surface area contributed by atoms with Crippen LogP contribution in [0.4, 0.5) is 0 Å². The summed E-state index contributed by atoms with van der Waals surface area (Å²) in [7, 11) is 1.64. The highest BCUT2D eigenvalue weighted by atomic mass is 16.5. The minimum Gasteiger partial charge on any atom is -0.497 e. The summed E-state index contributed by atoms with van der Waals surface area (Å²) in [5.74, 6) is 2.17. The first-order chi connectivity index (χ1) is 12.6. The number of benzene rings is 1. The Morgan fingerprint density at radius 1 is 1.19 bits per heavy atom. The summed E-state index contributed by atoms with van der Waals surface area (Å²) in [6, 6.07) is 7.82. The molecule has 1 aliphatic heterocycles. The summed E-state index contributed by atoms with van der Waals surface area (Å²) >= 11 is 0. The lowest BCUT2D eigenvalue weighted by Crippen LogP contribution is -2.51. The number of hydrogen-bond donors (Lipinski definition) is 1. The molecular weight excluding hydrogens is 332 g/mol. The first-order valence-electron chi connectivity index (χ1n) is 9.45. The van der Waals surface area contributed by atoms with Crippen LogP contribution >= 0.6 is 0 Å². The fraction of sp³-hybridized carbons (Fsp3) is 0.650. The van der Waals surface area contributed by atoms with Crippen LogP contribution in [0.1, 0.15) is 26.7 Å². The molecule has 1 aromatic rings. The Morgan fingerprint density at radius 2 is 1.85 bits per heavy atom. The number of rotatable bonds is 10. The number of carbonyl (C=O) groups excluding carboxylic acids is 1. The van der Waals surface area contributed by atoms with Crippen LogP contribution in [0.25, 0.3) is 0 Å². The van der Waals surface area contributed by atoms with Gasteiger partial charge in [-0.15, -0.1) is 0 Å². The van der Waals surface area contributed by atoms with Crippen molar-refractivity contribution in [3.05, 3.63) is 24.3 Å². The Balaban J connectivity index is 1.64. The van der Waals surface area contributed by atoms with Crippen LogP contribution in [-0.2, 0) is 9.53 Å². The molecule has 6 nitrogen and oxygen atoms in total. The normalized spacial score (nSPS) is 16.3. The molecule has 146 valence electrons. The van der Waals surface area contributed by atoms with Crippen molar-refractivity contribution in [1.82, 2.24) is 10.2 Å². The molecule has 1 heterocycles. The number of hydrogen-bond acceptors (Lipinski definition) is 5. The molecule has 6 heteroatoms. The molecule has 1 fully saturated rings. The molecule has 0 radical (unpaired) electrons. The third-order valence-corrected chi connectivity index (χ3v) is 4.67. The predicted octanol–water partition coefficient (Wildman–Crippen LogP) is 2.33. The van der Waals surface area contributed by atoms with Gasteiger partial charge in [0.05, 0.1) is 26.9 Å². The van der Waals surface area contributed by atoms with Gasteiger partial charge in [-0.3, -0.25) is 9.69 Å². The van der Waals surface area contributed by atoms with E-state index in [-0.39, 0.29) is 5.91 Å². The molecule has 26 heavy (non-hydrogen) atoms. The predicted molar refractivity (Wildman–Crippen MR) is 102 cm³/mol. The summed E-state index contributed by atoms with van der Waals surface area (Å²) in [5.41, 5.74) is 0. The average Bonchev–Trinajstić information content (AvgIpc) is 2.66. The van der Waals surface area contributed by atoms with Gasteiger partial charge in [-0.2, -0.15) is 0 Å². The Kier molecular flexibility index (Phi) is 8.71. The maximum atomic E-state index is 12.1. The lowest BCUT2D eigenvalue weighted by molar-refractivity contribution is -0.121. The Hall–Kier alpha value is -1.79. The van der Waals surface area contributed by atoms with Gasteiger partial charge in [-0.25, -0.2) is 0 Å². The summed E-state index contributed by atoms with van der Waals surface area (Å²) in [6.45, 7) is 9.05. The molecule has 1 amide bonds. The van der Waals surface area contributed by atoms with Crippen LogP contribution in [0, 0.1) is 5.92 Å². The second-order valence-corrected chi connectivity index (χ2v) is 6.89. The van der Waals surface area contributed by atoms with E-state index in [1.165, 1.54) is 0 Å². The van der Waals surface area contributed by atoms with Crippen LogP contribution < -0.4 is 14.8 Å². The van der Waals surface area contributed by atoms with Crippen molar-refractivity contribution in [2.45, 2.75) is 32.7 Å². The molecule has 1 aliphatic rings. The van der Waals surface area contributed by atoms with E-state index >= 15 is 0 Å². The lowest BCUT2D eigenvalue weighted by atomic mass is 10.0. The third-order valence-electron chi connectivity index (χ3n) is 4.67. The molecule has 0 spiro atoms. The van der Waals surface area contributed by atoms with E-state index in [0.29, 0.717) is 38.0 Å². The molecule has 2 rings (SSSR count). The minimum atomic E-state index is 0.0854. The number of nitrogens with zero attached hydrogens (tertiary/aromatic N) is 1. The van der Waals surface area contributed by atoms with Crippen LogP contribution in [0.15, 0.2) is 24.3 Å². The van der Waals surface area contributed by atoms with Gasteiger partial charge in [0.25, 0.3) is 0 Å². The second-order valence-electron chi connectivity index (χ2n) is 6.89. The van der Waals surface area contributed by atoms with Crippen molar-refractivity contribution >= 4 is 5.91 Å². The summed E-state index contributed by atoms with van der Waals surface area (Å²) in [6.07, 6.45) is 1.17. The van der Waals surface area contributed by atoms with Gasteiger partial charge in [-0.1, -0.05) is 13.8 Å². The maximum absolute atomic E-state index is 12.1. The van der Waals surface area contributed by atoms with Gasteiger partial charge in [0.2, 0.25) is 5.91 Å². The molecule has 0 aliphatic carbocycles. The van der Waals surface area contributed by atoms with Crippen LogP contribution in [-0.4, -0.2) is 63.4 Å². The van der Waals surface area contributed by atoms with Gasteiger partial charge in [0.1, 0.15) is 11.5 Å². The molecule has 1 N–H and O–H groups in total. The van der Waals surface area contributed by atoms with Gasteiger partial charge in [0.15, 0.2) is 0 Å². The highest BCUT2D eigenvalue weighted by Gasteiger charge is 2.24. The zero-order valence-electron chi connectivity index (χ0n) is 16.2. The van der Waals surface area contributed by atoms with Crippen molar-refractivity contribution < 1.29 is 19.0 Å². The average molecular weight is 364 g/mol. The lowest BCUT2D eigenvalue weighted by Gasteiger charge is -2.36. The van der Waals surface area contributed by atoms with Gasteiger partial charge in [-0.05, 0) is 36.6 Å². The zero-order valence-corrected chi connectivity index (χ0v) is 16.2. The second kappa shape index (κ2) is 11.0. The van der Waals surface area contributed by atoms with E-state index in [9.17, 15) is 4.79 Å².